The first kappa shape index (κ1) is 21.2. The van der Waals surface area contributed by atoms with E-state index in [2.05, 4.69) is 20.2 Å². The maximum Gasteiger partial charge on any atom is 0.229 e. The minimum absolute atomic E-state index is 0. The summed E-state index contributed by atoms with van der Waals surface area (Å²) < 4.78 is 14.9. The zero-order valence-corrected chi connectivity index (χ0v) is 17.1. The molecule has 0 unspecified atom stereocenters. The molecule has 1 aliphatic heterocycles. The number of anilines is 2. The first-order valence-corrected chi connectivity index (χ1v) is 9.40. The highest BCUT2D eigenvalue weighted by molar-refractivity contribution is 5.87. The average Bonchev–Trinajstić information content (AvgIpc) is 3.09. The molecule has 1 aliphatic rings. The first-order chi connectivity index (χ1) is 13.6. The van der Waals surface area contributed by atoms with Crippen LogP contribution in [0.3, 0.4) is 0 Å². The Hall–Kier alpha value is -2.49. The van der Waals surface area contributed by atoms with Crippen LogP contribution in [0.1, 0.15) is 5.56 Å². The quantitative estimate of drug-likeness (QED) is 0.626. The SMILES string of the molecule is Cl.Cn1ncc2c(NCc3ccc(F)cc3)nc(N3CCN(CCO)CC3)nc21. The lowest BCUT2D eigenvalue weighted by Gasteiger charge is -2.34. The van der Waals surface area contributed by atoms with E-state index in [0.29, 0.717) is 19.0 Å². The predicted octanol–water partition coefficient (Wildman–Crippen LogP) is 1.65. The minimum Gasteiger partial charge on any atom is -0.395 e. The van der Waals surface area contributed by atoms with Gasteiger partial charge < -0.3 is 15.3 Å². The molecule has 0 radical (unpaired) electrons. The molecule has 0 atom stereocenters. The van der Waals surface area contributed by atoms with Crippen molar-refractivity contribution in [2.75, 3.05) is 49.5 Å². The summed E-state index contributed by atoms with van der Waals surface area (Å²) in [5, 5.41) is 17.6. The van der Waals surface area contributed by atoms with Crippen LogP contribution in [0.2, 0.25) is 0 Å². The van der Waals surface area contributed by atoms with Crippen molar-refractivity contribution in [3.63, 3.8) is 0 Å². The number of aliphatic hydroxyl groups is 1. The number of nitrogens with zero attached hydrogens (tertiary/aromatic N) is 6. The molecule has 10 heteroatoms. The van der Waals surface area contributed by atoms with Gasteiger partial charge >= 0.3 is 0 Å². The average molecular weight is 422 g/mol. The van der Waals surface area contributed by atoms with Crippen LogP contribution in [-0.2, 0) is 13.6 Å². The van der Waals surface area contributed by atoms with Gasteiger partial charge in [-0.05, 0) is 17.7 Å². The highest BCUT2D eigenvalue weighted by Crippen LogP contribution is 2.24. The van der Waals surface area contributed by atoms with Crippen LogP contribution in [0.4, 0.5) is 16.2 Å². The van der Waals surface area contributed by atoms with Crippen LogP contribution in [0.15, 0.2) is 30.5 Å². The van der Waals surface area contributed by atoms with Gasteiger partial charge in [-0.2, -0.15) is 15.1 Å². The summed E-state index contributed by atoms with van der Waals surface area (Å²) in [6, 6.07) is 6.42. The van der Waals surface area contributed by atoms with Crippen molar-refractivity contribution in [1.29, 1.82) is 0 Å². The van der Waals surface area contributed by atoms with Gasteiger partial charge in [-0.1, -0.05) is 12.1 Å². The van der Waals surface area contributed by atoms with E-state index in [4.69, 9.17) is 15.1 Å². The molecule has 0 spiro atoms. The topological polar surface area (TPSA) is 82.3 Å². The van der Waals surface area contributed by atoms with Gasteiger partial charge in [-0.15, -0.1) is 12.4 Å². The molecule has 3 aromatic rings. The zero-order valence-electron chi connectivity index (χ0n) is 16.3. The number of piperazine rings is 1. The van der Waals surface area contributed by atoms with Gasteiger partial charge in [-0.25, -0.2) is 4.39 Å². The third kappa shape index (κ3) is 4.75. The fraction of sp³-hybridized carbons (Fsp3) is 0.421. The second kappa shape index (κ2) is 9.34. The minimum atomic E-state index is -0.247. The van der Waals surface area contributed by atoms with Gasteiger partial charge in [0.25, 0.3) is 0 Å². The molecule has 0 aliphatic carbocycles. The van der Waals surface area contributed by atoms with Crippen molar-refractivity contribution in [1.82, 2.24) is 24.6 Å². The van der Waals surface area contributed by atoms with Gasteiger partial charge in [0.1, 0.15) is 11.6 Å². The summed E-state index contributed by atoms with van der Waals surface area (Å²) in [4.78, 5) is 13.8. The van der Waals surface area contributed by atoms with Crippen molar-refractivity contribution in [2.45, 2.75) is 6.54 Å². The van der Waals surface area contributed by atoms with E-state index >= 15 is 0 Å². The number of aliphatic hydroxyl groups excluding tert-OH is 1. The summed E-state index contributed by atoms with van der Waals surface area (Å²) in [6.45, 7) is 4.75. The largest absolute Gasteiger partial charge is 0.395 e. The Morgan fingerprint density at radius 2 is 1.83 bits per heavy atom. The van der Waals surface area contributed by atoms with Gasteiger partial charge in [0.05, 0.1) is 18.2 Å². The molecule has 1 aromatic carbocycles. The number of benzene rings is 1. The maximum atomic E-state index is 13.1. The van der Waals surface area contributed by atoms with E-state index in [1.807, 2.05) is 7.05 Å². The van der Waals surface area contributed by atoms with Gasteiger partial charge in [0.2, 0.25) is 5.95 Å². The van der Waals surface area contributed by atoms with E-state index in [9.17, 15) is 4.39 Å². The molecule has 0 amide bonds. The number of β-amino-alcohol motifs (C(OH)–C–C–N with tert-alkyl or cyclic N) is 1. The van der Waals surface area contributed by atoms with Gasteiger partial charge in [0.15, 0.2) is 5.65 Å². The Morgan fingerprint density at radius 3 is 2.52 bits per heavy atom. The number of aryl methyl sites for hydroxylation is 1. The van der Waals surface area contributed by atoms with E-state index < -0.39 is 0 Å². The summed E-state index contributed by atoms with van der Waals surface area (Å²) in [7, 11) is 1.86. The van der Waals surface area contributed by atoms with Crippen LogP contribution in [0, 0.1) is 5.82 Å². The van der Waals surface area contributed by atoms with E-state index in [0.717, 1.165) is 48.6 Å². The molecule has 0 bridgehead atoms. The van der Waals surface area contributed by atoms with Crippen LogP contribution in [-0.4, -0.2) is 69.1 Å². The molecule has 1 fully saturated rings. The third-order valence-electron chi connectivity index (χ3n) is 5.02. The molecule has 8 nitrogen and oxygen atoms in total. The lowest BCUT2D eigenvalue weighted by Crippen LogP contribution is -2.47. The van der Waals surface area contributed by atoms with Crippen molar-refractivity contribution in [2.24, 2.45) is 7.05 Å². The maximum absolute atomic E-state index is 13.1. The number of rotatable bonds is 6. The fourth-order valence-electron chi connectivity index (χ4n) is 3.39. The smallest absolute Gasteiger partial charge is 0.229 e. The molecule has 156 valence electrons. The van der Waals surface area contributed by atoms with Crippen molar-refractivity contribution < 1.29 is 9.50 Å². The Labute approximate surface area is 174 Å². The second-order valence-corrected chi connectivity index (χ2v) is 6.91. The summed E-state index contributed by atoms with van der Waals surface area (Å²) in [6.07, 6.45) is 1.76. The highest BCUT2D eigenvalue weighted by Gasteiger charge is 2.21. The molecule has 4 rings (SSSR count). The van der Waals surface area contributed by atoms with E-state index in [1.165, 1.54) is 12.1 Å². The monoisotopic (exact) mass is 421 g/mol. The molecular weight excluding hydrogens is 397 g/mol. The number of hydrogen-bond donors (Lipinski definition) is 2. The molecule has 0 saturated carbocycles. The first-order valence-electron chi connectivity index (χ1n) is 9.40. The van der Waals surface area contributed by atoms with E-state index in [1.54, 1.807) is 23.0 Å². The molecular formula is C19H25ClFN7O. The van der Waals surface area contributed by atoms with Gasteiger partial charge in [0, 0.05) is 46.3 Å². The normalized spacial score (nSPS) is 14.8. The fourth-order valence-corrected chi connectivity index (χ4v) is 3.39. The second-order valence-electron chi connectivity index (χ2n) is 6.91. The Balaban J connectivity index is 0.00000240. The number of aromatic nitrogens is 4. The Morgan fingerprint density at radius 1 is 1.10 bits per heavy atom. The summed E-state index contributed by atoms with van der Waals surface area (Å²) >= 11 is 0. The third-order valence-corrected chi connectivity index (χ3v) is 5.02. The standard InChI is InChI=1S/C19H24FN7O.ClH/c1-25-18-16(13-22-25)17(21-12-14-2-4-15(20)5-3-14)23-19(24-18)27-8-6-26(7-9-27)10-11-28;/h2-5,13,28H,6-12H2,1H3,(H,21,23,24);1H. The number of halogens is 2. The lowest BCUT2D eigenvalue weighted by molar-refractivity contribution is 0.188. The number of hydrogen-bond acceptors (Lipinski definition) is 7. The summed E-state index contributed by atoms with van der Waals surface area (Å²) in [5.74, 6) is 1.14. The van der Waals surface area contributed by atoms with Crippen LogP contribution in [0.5, 0.6) is 0 Å². The van der Waals surface area contributed by atoms with Crippen molar-refractivity contribution >= 4 is 35.2 Å². The highest BCUT2D eigenvalue weighted by atomic mass is 35.5. The van der Waals surface area contributed by atoms with Crippen molar-refractivity contribution in [3.8, 4) is 0 Å². The number of nitrogens with one attached hydrogen (secondary N) is 1. The summed E-state index contributed by atoms with van der Waals surface area (Å²) in [5.41, 5.74) is 1.74. The van der Waals surface area contributed by atoms with Gasteiger partial charge in [-0.3, -0.25) is 9.58 Å². The van der Waals surface area contributed by atoms with Crippen molar-refractivity contribution in [3.05, 3.63) is 41.8 Å². The number of fused-ring (bicyclic) bond motifs is 1. The van der Waals surface area contributed by atoms with Crippen LogP contribution < -0.4 is 10.2 Å². The van der Waals surface area contributed by atoms with Crippen LogP contribution >= 0.6 is 12.4 Å². The molecule has 2 N–H and O–H groups in total. The Kier molecular flexibility index (Phi) is 6.83. The predicted molar refractivity (Wildman–Crippen MR) is 113 cm³/mol. The molecule has 3 heterocycles. The lowest BCUT2D eigenvalue weighted by atomic mass is 10.2. The molecule has 29 heavy (non-hydrogen) atoms. The Bertz CT molecular complexity index is 942. The van der Waals surface area contributed by atoms with E-state index in [-0.39, 0.29) is 24.8 Å². The van der Waals surface area contributed by atoms with Crippen LogP contribution in [0.25, 0.3) is 11.0 Å². The molecule has 2 aromatic heterocycles. The molecule has 1 saturated heterocycles. The zero-order chi connectivity index (χ0) is 19.5.